The standard InChI is InChI=1S/C30H27NO/c32-30-27-18-16-23-13-11-22(12-14-23)15-17-25(19-20-27)28(30)29(26-9-5-2-6-10-26)31-21-24-7-3-1-4-8-24/h1-14,19-20,32H,15-18,21H2. The summed E-state index contributed by atoms with van der Waals surface area (Å²) in [5.74, 6) is 0.383. The molecule has 0 amide bonds. The molecular weight excluding hydrogens is 390 g/mol. The van der Waals surface area contributed by atoms with Crippen LogP contribution in [0.15, 0.2) is 102 Å². The Kier molecular flexibility index (Phi) is 5.85. The van der Waals surface area contributed by atoms with Crippen molar-refractivity contribution in [2.45, 2.75) is 32.2 Å². The second-order valence-corrected chi connectivity index (χ2v) is 8.44. The Bertz CT molecular complexity index is 1230. The maximum Gasteiger partial charge on any atom is 0.128 e. The highest BCUT2D eigenvalue weighted by Crippen LogP contribution is 2.32. The zero-order valence-electron chi connectivity index (χ0n) is 18.2. The van der Waals surface area contributed by atoms with Gasteiger partial charge in [0.05, 0.1) is 12.3 Å². The van der Waals surface area contributed by atoms with Crippen molar-refractivity contribution in [3.05, 3.63) is 136 Å². The lowest BCUT2D eigenvalue weighted by atomic mass is 9.88. The summed E-state index contributed by atoms with van der Waals surface area (Å²) < 4.78 is 0. The lowest BCUT2D eigenvalue weighted by molar-refractivity contribution is 0.466. The first-order valence-corrected chi connectivity index (χ1v) is 11.3. The van der Waals surface area contributed by atoms with Crippen LogP contribution in [0.5, 0.6) is 5.75 Å². The van der Waals surface area contributed by atoms with Crippen molar-refractivity contribution in [3.8, 4) is 5.75 Å². The monoisotopic (exact) mass is 417 g/mol. The number of aryl methyl sites for hydroxylation is 4. The molecule has 0 saturated carbocycles. The van der Waals surface area contributed by atoms with Crippen LogP contribution in [0.3, 0.4) is 0 Å². The number of phenolic OH excluding ortho intramolecular Hbond substituents is 1. The van der Waals surface area contributed by atoms with Crippen molar-refractivity contribution >= 4 is 5.71 Å². The zero-order chi connectivity index (χ0) is 21.8. The molecule has 1 N–H and O–H groups in total. The number of phenols is 1. The Labute approximate surface area is 189 Å². The van der Waals surface area contributed by atoms with E-state index in [4.69, 9.17) is 4.99 Å². The molecule has 2 heteroatoms. The van der Waals surface area contributed by atoms with Crippen LogP contribution >= 0.6 is 0 Å². The summed E-state index contributed by atoms with van der Waals surface area (Å²) in [6.45, 7) is 0.578. The van der Waals surface area contributed by atoms with Gasteiger partial charge in [0.25, 0.3) is 0 Å². The van der Waals surface area contributed by atoms with E-state index in [2.05, 4.69) is 60.7 Å². The van der Waals surface area contributed by atoms with Crippen molar-refractivity contribution in [1.29, 1.82) is 0 Å². The largest absolute Gasteiger partial charge is 0.507 e. The number of benzene rings is 4. The number of nitrogens with zero attached hydrogens (tertiary/aromatic N) is 1. The molecule has 0 aromatic heterocycles. The minimum atomic E-state index is 0.383. The van der Waals surface area contributed by atoms with Gasteiger partial charge in [-0.2, -0.15) is 0 Å². The molecule has 0 fully saturated rings. The maximum absolute atomic E-state index is 11.5. The Hall–Kier alpha value is -3.65. The molecule has 0 atom stereocenters. The molecule has 0 unspecified atom stereocenters. The maximum atomic E-state index is 11.5. The molecule has 0 saturated heterocycles. The first-order valence-electron chi connectivity index (χ1n) is 11.3. The van der Waals surface area contributed by atoms with E-state index >= 15 is 0 Å². The van der Waals surface area contributed by atoms with E-state index in [1.54, 1.807) is 0 Å². The van der Waals surface area contributed by atoms with Crippen molar-refractivity contribution < 1.29 is 5.11 Å². The van der Waals surface area contributed by atoms with Crippen LogP contribution in [0.25, 0.3) is 0 Å². The van der Waals surface area contributed by atoms with E-state index in [9.17, 15) is 5.11 Å². The van der Waals surface area contributed by atoms with Gasteiger partial charge in [-0.3, -0.25) is 4.99 Å². The third kappa shape index (κ3) is 4.36. The zero-order valence-corrected chi connectivity index (χ0v) is 18.2. The molecule has 0 radical (unpaired) electrons. The highest BCUT2D eigenvalue weighted by molar-refractivity contribution is 6.15. The Balaban J connectivity index is 1.63. The van der Waals surface area contributed by atoms with Crippen molar-refractivity contribution in [3.63, 3.8) is 0 Å². The predicted octanol–water partition coefficient (Wildman–Crippen LogP) is 6.31. The molecule has 0 aliphatic heterocycles. The highest BCUT2D eigenvalue weighted by Gasteiger charge is 2.20. The SMILES string of the molecule is Oc1c2ccc(c1C(=NCc1ccccc1)c1ccccc1)CCc1ccc(cc1)CC2. The van der Waals surface area contributed by atoms with E-state index in [1.807, 2.05) is 36.4 Å². The van der Waals surface area contributed by atoms with Crippen LogP contribution in [0.4, 0.5) is 0 Å². The van der Waals surface area contributed by atoms with Gasteiger partial charge in [0.2, 0.25) is 0 Å². The second-order valence-electron chi connectivity index (χ2n) is 8.44. The van der Waals surface area contributed by atoms with Gasteiger partial charge in [-0.25, -0.2) is 0 Å². The summed E-state index contributed by atoms with van der Waals surface area (Å²) >= 11 is 0. The smallest absolute Gasteiger partial charge is 0.128 e. The Morgan fingerprint density at radius 3 is 1.84 bits per heavy atom. The van der Waals surface area contributed by atoms with Gasteiger partial charge in [-0.1, -0.05) is 97.1 Å². The fourth-order valence-corrected chi connectivity index (χ4v) is 4.45. The summed E-state index contributed by atoms with van der Waals surface area (Å²) in [5.41, 5.74) is 8.71. The molecule has 0 spiro atoms. The minimum Gasteiger partial charge on any atom is -0.507 e. The van der Waals surface area contributed by atoms with Gasteiger partial charge in [-0.15, -0.1) is 0 Å². The van der Waals surface area contributed by atoms with Crippen LogP contribution in [0.2, 0.25) is 0 Å². The van der Waals surface area contributed by atoms with Gasteiger partial charge in [-0.05, 0) is 53.5 Å². The quantitative estimate of drug-likeness (QED) is 0.388. The Morgan fingerprint density at radius 1 is 0.625 bits per heavy atom. The van der Waals surface area contributed by atoms with Crippen LogP contribution in [0, 0.1) is 0 Å². The Morgan fingerprint density at radius 2 is 1.19 bits per heavy atom. The van der Waals surface area contributed by atoms with Crippen LogP contribution < -0.4 is 0 Å². The van der Waals surface area contributed by atoms with E-state index < -0.39 is 0 Å². The molecule has 158 valence electrons. The lowest BCUT2D eigenvalue weighted by Crippen LogP contribution is -2.11. The fourth-order valence-electron chi connectivity index (χ4n) is 4.45. The van der Waals surface area contributed by atoms with Gasteiger partial charge in [0.1, 0.15) is 5.75 Å². The number of aliphatic imine (C=N–C) groups is 1. The number of hydrogen-bond donors (Lipinski definition) is 1. The van der Waals surface area contributed by atoms with E-state index in [-0.39, 0.29) is 0 Å². The van der Waals surface area contributed by atoms with Gasteiger partial charge in [0, 0.05) is 11.1 Å². The normalized spacial score (nSPS) is 13.6. The average Bonchev–Trinajstić information content (AvgIpc) is 2.84. The van der Waals surface area contributed by atoms with Crippen molar-refractivity contribution in [2.75, 3.05) is 0 Å². The third-order valence-corrected chi connectivity index (χ3v) is 6.28. The topological polar surface area (TPSA) is 32.6 Å². The molecule has 2 nitrogen and oxygen atoms in total. The van der Waals surface area contributed by atoms with Gasteiger partial charge in [0.15, 0.2) is 0 Å². The summed E-state index contributed by atoms with van der Waals surface area (Å²) in [4.78, 5) is 5.06. The number of rotatable bonds is 4. The molecule has 4 bridgehead atoms. The highest BCUT2D eigenvalue weighted by atomic mass is 16.3. The van der Waals surface area contributed by atoms with Crippen molar-refractivity contribution in [2.24, 2.45) is 4.99 Å². The molecule has 4 aromatic rings. The first-order chi connectivity index (χ1) is 15.8. The average molecular weight is 418 g/mol. The fraction of sp³-hybridized carbons (Fsp3) is 0.167. The third-order valence-electron chi connectivity index (χ3n) is 6.28. The number of aromatic hydroxyl groups is 1. The van der Waals surface area contributed by atoms with Crippen LogP contribution in [0.1, 0.15) is 38.9 Å². The number of hydrogen-bond acceptors (Lipinski definition) is 2. The molecule has 4 aliphatic rings. The van der Waals surface area contributed by atoms with E-state index in [0.717, 1.165) is 59.2 Å². The summed E-state index contributed by atoms with van der Waals surface area (Å²) in [6.07, 6.45) is 3.51. The molecule has 4 aliphatic carbocycles. The lowest BCUT2D eigenvalue weighted by Gasteiger charge is -2.19. The van der Waals surface area contributed by atoms with Gasteiger partial charge < -0.3 is 5.11 Å². The first kappa shape index (κ1) is 20.3. The van der Waals surface area contributed by atoms with Gasteiger partial charge >= 0.3 is 0 Å². The summed E-state index contributed by atoms with van der Waals surface area (Å²) in [6, 6.07) is 33.8. The molecule has 8 rings (SSSR count). The minimum absolute atomic E-state index is 0.383. The summed E-state index contributed by atoms with van der Waals surface area (Å²) in [5, 5.41) is 11.5. The predicted molar refractivity (Wildman–Crippen MR) is 132 cm³/mol. The molecule has 0 heterocycles. The second kappa shape index (κ2) is 9.23. The van der Waals surface area contributed by atoms with Crippen molar-refractivity contribution in [1.82, 2.24) is 0 Å². The molecule has 32 heavy (non-hydrogen) atoms. The van der Waals surface area contributed by atoms with Crippen LogP contribution in [-0.4, -0.2) is 10.8 Å². The summed E-state index contributed by atoms with van der Waals surface area (Å²) in [7, 11) is 0. The molecular formula is C30H27NO. The van der Waals surface area contributed by atoms with E-state index in [0.29, 0.717) is 12.3 Å². The molecule has 4 aromatic carbocycles. The van der Waals surface area contributed by atoms with Crippen LogP contribution in [-0.2, 0) is 32.2 Å². The van der Waals surface area contributed by atoms with E-state index in [1.165, 1.54) is 11.1 Å².